The lowest BCUT2D eigenvalue weighted by atomic mass is 9.89. The summed E-state index contributed by atoms with van der Waals surface area (Å²) in [7, 11) is 1.90. The summed E-state index contributed by atoms with van der Waals surface area (Å²) in [6, 6.07) is 8.00. The third-order valence-corrected chi connectivity index (χ3v) is 2.95. The first kappa shape index (κ1) is 13.3. The molecule has 0 aliphatic rings. The van der Waals surface area contributed by atoms with Gasteiger partial charge in [0.25, 0.3) is 0 Å². The summed E-state index contributed by atoms with van der Waals surface area (Å²) in [4.78, 5) is 8.69. The van der Waals surface area contributed by atoms with Crippen LogP contribution in [0.2, 0.25) is 0 Å². The van der Waals surface area contributed by atoms with E-state index in [0.29, 0.717) is 5.95 Å². The highest BCUT2D eigenvalue weighted by Crippen LogP contribution is 2.21. The maximum Gasteiger partial charge on any atom is 0.227 e. The van der Waals surface area contributed by atoms with E-state index in [2.05, 4.69) is 41.4 Å². The molecule has 19 heavy (non-hydrogen) atoms. The first-order valence-corrected chi connectivity index (χ1v) is 6.36. The van der Waals surface area contributed by atoms with Crippen LogP contribution >= 0.6 is 0 Å². The zero-order valence-corrected chi connectivity index (χ0v) is 11.9. The molecule has 0 unspecified atom stereocenters. The number of anilines is 3. The monoisotopic (exact) mass is 256 g/mol. The maximum atomic E-state index is 4.35. The molecule has 2 N–H and O–H groups in total. The van der Waals surface area contributed by atoms with E-state index in [-0.39, 0.29) is 5.41 Å². The normalized spacial score (nSPS) is 11.2. The Labute approximate surface area is 114 Å². The molecule has 0 spiro atoms. The molecule has 0 atom stereocenters. The average molecular weight is 256 g/mol. The summed E-state index contributed by atoms with van der Waals surface area (Å²) in [5.41, 5.74) is 3.26. The fourth-order valence-corrected chi connectivity index (χ4v) is 1.63. The number of rotatable bonds is 3. The van der Waals surface area contributed by atoms with Crippen LogP contribution in [-0.2, 0) is 5.41 Å². The fraction of sp³-hybridized carbons (Fsp3) is 0.333. The molecule has 0 aliphatic carbocycles. The molecule has 100 valence electrons. The summed E-state index contributed by atoms with van der Waals surface area (Å²) in [5, 5.41) is 6.27. The van der Waals surface area contributed by atoms with Crippen molar-refractivity contribution in [3.8, 4) is 0 Å². The number of nitrogens with zero attached hydrogens (tertiary/aromatic N) is 2. The van der Waals surface area contributed by atoms with Crippen molar-refractivity contribution in [2.24, 2.45) is 0 Å². The minimum absolute atomic E-state index is 0.0764. The minimum Gasteiger partial charge on any atom is -0.388 e. The molecule has 2 rings (SSSR count). The molecule has 0 fully saturated rings. The van der Waals surface area contributed by atoms with Crippen molar-refractivity contribution in [3.05, 3.63) is 42.2 Å². The van der Waals surface area contributed by atoms with Gasteiger partial charge in [0, 0.05) is 30.8 Å². The van der Waals surface area contributed by atoms with Crippen molar-refractivity contribution >= 4 is 17.3 Å². The third kappa shape index (κ3) is 3.44. The Morgan fingerprint density at radius 2 is 1.42 bits per heavy atom. The van der Waals surface area contributed by atoms with Gasteiger partial charge in [-0.25, -0.2) is 9.97 Å². The zero-order chi connectivity index (χ0) is 13.9. The number of aromatic nitrogens is 2. The lowest BCUT2D eigenvalue weighted by Gasteiger charge is -2.17. The van der Waals surface area contributed by atoms with Crippen LogP contribution in [0.25, 0.3) is 0 Å². The third-order valence-electron chi connectivity index (χ3n) is 2.95. The molecule has 0 radical (unpaired) electrons. The van der Waals surface area contributed by atoms with Crippen LogP contribution in [0.4, 0.5) is 17.3 Å². The molecule has 1 heterocycles. The van der Waals surface area contributed by atoms with Crippen molar-refractivity contribution in [1.29, 1.82) is 0 Å². The molecule has 1 aromatic heterocycles. The summed E-state index contributed by atoms with van der Waals surface area (Å²) < 4.78 is 0. The van der Waals surface area contributed by atoms with E-state index in [0.717, 1.165) is 16.9 Å². The second-order valence-electron chi connectivity index (χ2n) is 5.50. The molecule has 0 saturated heterocycles. The number of hydrogen-bond acceptors (Lipinski definition) is 4. The van der Waals surface area contributed by atoms with E-state index >= 15 is 0 Å². The van der Waals surface area contributed by atoms with E-state index in [1.165, 1.54) is 0 Å². The van der Waals surface area contributed by atoms with Gasteiger partial charge in [0.1, 0.15) is 0 Å². The SMILES string of the molecule is CNc1ccc(Nc2ncc(C(C)(C)C)cn2)cc1. The minimum atomic E-state index is 0.0764. The second kappa shape index (κ2) is 5.26. The molecule has 4 heteroatoms. The Morgan fingerprint density at radius 3 is 1.89 bits per heavy atom. The van der Waals surface area contributed by atoms with Gasteiger partial charge in [0.15, 0.2) is 0 Å². The summed E-state index contributed by atoms with van der Waals surface area (Å²) >= 11 is 0. The largest absolute Gasteiger partial charge is 0.388 e. The fourth-order valence-electron chi connectivity index (χ4n) is 1.63. The van der Waals surface area contributed by atoms with Crippen molar-refractivity contribution < 1.29 is 0 Å². The average Bonchev–Trinajstić information content (AvgIpc) is 2.39. The maximum absolute atomic E-state index is 4.35. The van der Waals surface area contributed by atoms with Crippen molar-refractivity contribution in [1.82, 2.24) is 9.97 Å². The van der Waals surface area contributed by atoms with Gasteiger partial charge in [0.2, 0.25) is 5.95 Å². The van der Waals surface area contributed by atoms with Crippen molar-refractivity contribution in [2.75, 3.05) is 17.7 Å². The van der Waals surface area contributed by atoms with Gasteiger partial charge >= 0.3 is 0 Å². The molecular weight excluding hydrogens is 236 g/mol. The molecule has 0 aliphatic heterocycles. The highest BCUT2D eigenvalue weighted by molar-refractivity contribution is 5.58. The van der Waals surface area contributed by atoms with E-state index in [4.69, 9.17) is 0 Å². The van der Waals surface area contributed by atoms with Gasteiger partial charge in [-0.3, -0.25) is 0 Å². The van der Waals surface area contributed by atoms with Crippen LogP contribution in [0.3, 0.4) is 0 Å². The van der Waals surface area contributed by atoms with Crippen LogP contribution in [0.1, 0.15) is 26.3 Å². The quantitative estimate of drug-likeness (QED) is 0.881. The Kier molecular flexibility index (Phi) is 3.69. The van der Waals surface area contributed by atoms with Crippen LogP contribution in [0.5, 0.6) is 0 Å². The molecule has 1 aromatic carbocycles. The highest BCUT2D eigenvalue weighted by atomic mass is 15.1. The molecule has 0 bridgehead atoms. The van der Waals surface area contributed by atoms with Gasteiger partial charge in [-0.2, -0.15) is 0 Å². The van der Waals surface area contributed by atoms with E-state index in [1.54, 1.807) is 0 Å². The Balaban J connectivity index is 2.10. The summed E-state index contributed by atoms with van der Waals surface area (Å²) in [6.07, 6.45) is 3.74. The molecular formula is C15H20N4. The Morgan fingerprint density at radius 1 is 0.895 bits per heavy atom. The van der Waals surface area contributed by atoms with E-state index < -0.39 is 0 Å². The smallest absolute Gasteiger partial charge is 0.227 e. The van der Waals surface area contributed by atoms with E-state index in [9.17, 15) is 0 Å². The van der Waals surface area contributed by atoms with Crippen LogP contribution in [0, 0.1) is 0 Å². The first-order chi connectivity index (χ1) is 8.99. The number of nitrogens with one attached hydrogen (secondary N) is 2. The number of benzene rings is 1. The first-order valence-electron chi connectivity index (χ1n) is 6.36. The van der Waals surface area contributed by atoms with Crippen LogP contribution in [-0.4, -0.2) is 17.0 Å². The number of hydrogen-bond donors (Lipinski definition) is 2. The van der Waals surface area contributed by atoms with Crippen LogP contribution < -0.4 is 10.6 Å². The van der Waals surface area contributed by atoms with Gasteiger partial charge in [0.05, 0.1) is 0 Å². The molecule has 4 nitrogen and oxygen atoms in total. The highest BCUT2D eigenvalue weighted by Gasteiger charge is 2.14. The van der Waals surface area contributed by atoms with Gasteiger partial charge in [-0.1, -0.05) is 20.8 Å². The van der Waals surface area contributed by atoms with Crippen molar-refractivity contribution in [3.63, 3.8) is 0 Å². The Hall–Kier alpha value is -2.10. The van der Waals surface area contributed by atoms with Gasteiger partial charge in [-0.05, 0) is 35.2 Å². The Bertz CT molecular complexity index is 524. The predicted octanol–water partition coefficient (Wildman–Crippen LogP) is 3.56. The summed E-state index contributed by atoms with van der Waals surface area (Å²) in [5.74, 6) is 0.616. The lowest BCUT2D eigenvalue weighted by molar-refractivity contribution is 0.584. The second-order valence-corrected chi connectivity index (χ2v) is 5.50. The molecule has 0 amide bonds. The van der Waals surface area contributed by atoms with E-state index in [1.807, 2.05) is 43.7 Å². The molecule has 0 saturated carbocycles. The van der Waals surface area contributed by atoms with Crippen molar-refractivity contribution in [2.45, 2.75) is 26.2 Å². The summed E-state index contributed by atoms with van der Waals surface area (Å²) in [6.45, 7) is 6.44. The van der Waals surface area contributed by atoms with Gasteiger partial charge < -0.3 is 10.6 Å². The topological polar surface area (TPSA) is 49.8 Å². The zero-order valence-electron chi connectivity index (χ0n) is 11.9. The lowest BCUT2D eigenvalue weighted by Crippen LogP contribution is -2.12. The predicted molar refractivity (Wildman–Crippen MR) is 80.0 cm³/mol. The molecule has 2 aromatic rings. The van der Waals surface area contributed by atoms with Crippen LogP contribution in [0.15, 0.2) is 36.7 Å². The van der Waals surface area contributed by atoms with Gasteiger partial charge in [-0.15, -0.1) is 0 Å². The standard InChI is InChI=1S/C15H20N4/c1-15(2,3)11-9-17-14(18-10-11)19-13-7-5-12(16-4)6-8-13/h5-10,16H,1-4H3,(H,17,18,19).